The molecule has 1 unspecified atom stereocenters. The summed E-state index contributed by atoms with van der Waals surface area (Å²) in [6.07, 6.45) is -2.94. The van der Waals surface area contributed by atoms with Gasteiger partial charge in [0.25, 0.3) is 0 Å². The highest BCUT2D eigenvalue weighted by atomic mass is 19.4. The van der Waals surface area contributed by atoms with Crippen molar-refractivity contribution in [2.45, 2.75) is 25.9 Å². The second-order valence-electron chi connectivity index (χ2n) is 4.69. The Kier molecular flexibility index (Phi) is 6.31. The first-order chi connectivity index (χ1) is 8.92. The van der Waals surface area contributed by atoms with Crippen molar-refractivity contribution in [3.05, 3.63) is 35.4 Å². The van der Waals surface area contributed by atoms with Gasteiger partial charge in [0.15, 0.2) is 0 Å². The van der Waals surface area contributed by atoms with Gasteiger partial charge in [-0.3, -0.25) is 0 Å². The number of alkyl halides is 3. The SMILES string of the molecule is Cc1ccccc1CC(CN)CCOCC(F)(F)F. The second kappa shape index (κ2) is 7.50. The molecule has 0 aliphatic carbocycles. The molecule has 0 bridgehead atoms. The normalized spacial score (nSPS) is 13.5. The topological polar surface area (TPSA) is 35.2 Å². The zero-order valence-electron chi connectivity index (χ0n) is 11.0. The van der Waals surface area contributed by atoms with Crippen LogP contribution in [0.1, 0.15) is 17.5 Å². The van der Waals surface area contributed by atoms with Gasteiger partial charge in [-0.05, 0) is 43.4 Å². The molecule has 0 aliphatic rings. The highest BCUT2D eigenvalue weighted by molar-refractivity contribution is 5.25. The molecule has 108 valence electrons. The molecule has 0 aromatic heterocycles. The smallest absolute Gasteiger partial charge is 0.372 e. The van der Waals surface area contributed by atoms with E-state index in [2.05, 4.69) is 4.74 Å². The lowest BCUT2D eigenvalue weighted by atomic mass is 9.94. The number of hydrogen-bond donors (Lipinski definition) is 1. The first kappa shape index (κ1) is 16.0. The molecule has 19 heavy (non-hydrogen) atoms. The van der Waals surface area contributed by atoms with E-state index < -0.39 is 12.8 Å². The van der Waals surface area contributed by atoms with Crippen LogP contribution in [0.5, 0.6) is 0 Å². The van der Waals surface area contributed by atoms with Crippen LogP contribution in [0.25, 0.3) is 0 Å². The van der Waals surface area contributed by atoms with E-state index >= 15 is 0 Å². The first-order valence-electron chi connectivity index (χ1n) is 6.31. The van der Waals surface area contributed by atoms with E-state index in [1.807, 2.05) is 31.2 Å². The summed E-state index contributed by atoms with van der Waals surface area (Å²) in [5, 5.41) is 0. The molecule has 1 aromatic carbocycles. The molecule has 0 heterocycles. The van der Waals surface area contributed by atoms with Crippen LogP contribution in [0.15, 0.2) is 24.3 Å². The van der Waals surface area contributed by atoms with Crippen LogP contribution in [-0.2, 0) is 11.2 Å². The Hall–Kier alpha value is -1.07. The predicted octanol–water partition coefficient (Wildman–Crippen LogP) is 3.08. The molecule has 0 aliphatic heterocycles. The van der Waals surface area contributed by atoms with Gasteiger partial charge < -0.3 is 10.5 Å². The van der Waals surface area contributed by atoms with Crippen molar-refractivity contribution in [3.8, 4) is 0 Å². The molecule has 0 saturated heterocycles. The van der Waals surface area contributed by atoms with Gasteiger partial charge in [0.2, 0.25) is 0 Å². The lowest BCUT2D eigenvalue weighted by Crippen LogP contribution is -2.22. The number of ether oxygens (including phenoxy) is 1. The summed E-state index contributed by atoms with van der Waals surface area (Å²) in [5.74, 6) is 0.148. The van der Waals surface area contributed by atoms with Crippen molar-refractivity contribution in [2.24, 2.45) is 11.7 Å². The lowest BCUT2D eigenvalue weighted by Gasteiger charge is -2.16. The van der Waals surface area contributed by atoms with E-state index in [9.17, 15) is 13.2 Å². The lowest BCUT2D eigenvalue weighted by molar-refractivity contribution is -0.174. The largest absolute Gasteiger partial charge is 0.411 e. The number of nitrogens with two attached hydrogens (primary N) is 1. The molecule has 2 N–H and O–H groups in total. The van der Waals surface area contributed by atoms with Gasteiger partial charge in [0.05, 0.1) is 0 Å². The molecule has 0 radical (unpaired) electrons. The molecule has 0 amide bonds. The Balaban J connectivity index is 2.36. The highest BCUT2D eigenvalue weighted by Gasteiger charge is 2.27. The highest BCUT2D eigenvalue weighted by Crippen LogP contribution is 2.17. The molecule has 1 aromatic rings. The van der Waals surface area contributed by atoms with E-state index in [0.29, 0.717) is 13.0 Å². The minimum Gasteiger partial charge on any atom is -0.372 e. The van der Waals surface area contributed by atoms with E-state index in [4.69, 9.17) is 5.73 Å². The quantitative estimate of drug-likeness (QED) is 0.776. The second-order valence-corrected chi connectivity index (χ2v) is 4.69. The predicted molar refractivity (Wildman–Crippen MR) is 68.9 cm³/mol. The summed E-state index contributed by atoms with van der Waals surface area (Å²) in [4.78, 5) is 0. The van der Waals surface area contributed by atoms with Crippen LogP contribution in [0, 0.1) is 12.8 Å². The Labute approximate surface area is 111 Å². The van der Waals surface area contributed by atoms with Gasteiger partial charge in [-0.15, -0.1) is 0 Å². The van der Waals surface area contributed by atoms with Crippen molar-refractivity contribution in [3.63, 3.8) is 0 Å². The maximum Gasteiger partial charge on any atom is 0.411 e. The molecular formula is C14H20F3NO. The van der Waals surface area contributed by atoms with Gasteiger partial charge >= 0.3 is 6.18 Å². The monoisotopic (exact) mass is 275 g/mol. The summed E-state index contributed by atoms with van der Waals surface area (Å²) in [6.45, 7) is 1.37. The third kappa shape index (κ3) is 6.59. The minimum atomic E-state index is -4.26. The summed E-state index contributed by atoms with van der Waals surface area (Å²) < 4.78 is 40.4. The fourth-order valence-electron chi connectivity index (χ4n) is 1.89. The van der Waals surface area contributed by atoms with E-state index in [1.54, 1.807) is 0 Å². The van der Waals surface area contributed by atoms with Crippen LogP contribution in [-0.4, -0.2) is 25.9 Å². The van der Waals surface area contributed by atoms with Crippen LogP contribution >= 0.6 is 0 Å². The van der Waals surface area contributed by atoms with Crippen molar-refractivity contribution >= 4 is 0 Å². The zero-order chi connectivity index (χ0) is 14.3. The molecule has 1 rings (SSSR count). The van der Waals surface area contributed by atoms with Gasteiger partial charge in [0, 0.05) is 6.61 Å². The third-order valence-corrected chi connectivity index (χ3v) is 3.04. The van der Waals surface area contributed by atoms with Gasteiger partial charge in [-0.2, -0.15) is 13.2 Å². The summed E-state index contributed by atoms with van der Waals surface area (Å²) >= 11 is 0. The van der Waals surface area contributed by atoms with E-state index in [-0.39, 0.29) is 12.5 Å². The van der Waals surface area contributed by atoms with Crippen molar-refractivity contribution in [1.82, 2.24) is 0 Å². The molecular weight excluding hydrogens is 255 g/mol. The molecule has 5 heteroatoms. The third-order valence-electron chi connectivity index (χ3n) is 3.04. The van der Waals surface area contributed by atoms with Gasteiger partial charge in [-0.1, -0.05) is 24.3 Å². The fraction of sp³-hybridized carbons (Fsp3) is 0.571. The maximum absolute atomic E-state index is 11.9. The van der Waals surface area contributed by atoms with Crippen molar-refractivity contribution < 1.29 is 17.9 Å². The number of hydrogen-bond acceptors (Lipinski definition) is 2. The number of halogens is 3. The Bertz CT molecular complexity index is 379. The molecule has 0 spiro atoms. The number of aryl methyl sites for hydroxylation is 1. The molecule has 0 fully saturated rings. The molecule has 2 nitrogen and oxygen atoms in total. The van der Waals surface area contributed by atoms with Crippen LogP contribution in [0.2, 0.25) is 0 Å². The van der Waals surface area contributed by atoms with Crippen LogP contribution in [0.3, 0.4) is 0 Å². The molecule has 1 atom stereocenters. The summed E-state index contributed by atoms with van der Waals surface area (Å²) in [6, 6.07) is 7.95. The number of rotatable bonds is 7. The molecule has 0 saturated carbocycles. The summed E-state index contributed by atoms with van der Waals surface area (Å²) in [7, 11) is 0. The van der Waals surface area contributed by atoms with E-state index in [0.717, 1.165) is 6.42 Å². The van der Waals surface area contributed by atoms with Crippen molar-refractivity contribution in [1.29, 1.82) is 0 Å². The summed E-state index contributed by atoms with van der Waals surface area (Å²) in [5.41, 5.74) is 8.03. The van der Waals surface area contributed by atoms with Crippen molar-refractivity contribution in [2.75, 3.05) is 19.8 Å². The van der Waals surface area contributed by atoms with Gasteiger partial charge in [-0.25, -0.2) is 0 Å². The van der Waals surface area contributed by atoms with Crippen LogP contribution < -0.4 is 5.73 Å². The Morgan fingerprint density at radius 2 is 1.95 bits per heavy atom. The van der Waals surface area contributed by atoms with Gasteiger partial charge in [0.1, 0.15) is 6.61 Å². The maximum atomic E-state index is 11.9. The minimum absolute atomic E-state index is 0.0905. The standard InChI is InChI=1S/C14H20F3NO/c1-11-4-2-3-5-13(11)8-12(9-18)6-7-19-10-14(15,16)17/h2-5,12H,6-10,18H2,1H3. The zero-order valence-corrected chi connectivity index (χ0v) is 11.0. The Morgan fingerprint density at radius 3 is 2.53 bits per heavy atom. The average molecular weight is 275 g/mol. The average Bonchev–Trinajstić information content (AvgIpc) is 2.34. The fourth-order valence-corrected chi connectivity index (χ4v) is 1.89. The first-order valence-corrected chi connectivity index (χ1v) is 6.31. The number of benzene rings is 1. The Morgan fingerprint density at radius 1 is 1.26 bits per heavy atom. The van der Waals surface area contributed by atoms with Crippen LogP contribution in [0.4, 0.5) is 13.2 Å². The van der Waals surface area contributed by atoms with E-state index in [1.165, 1.54) is 11.1 Å².